The lowest BCUT2D eigenvalue weighted by atomic mass is 10.2. The van der Waals surface area contributed by atoms with Gasteiger partial charge in [0.2, 0.25) is 8.24 Å². The standard InChI is InChI=1S/C8H17N3Si/c1-8(2,3)12(4,5)11-9-6-7-10-11/h6-7H,1-5H3. The monoisotopic (exact) mass is 183 g/mol. The molecule has 0 atom stereocenters. The van der Waals surface area contributed by atoms with Gasteiger partial charge in [0.15, 0.2) is 0 Å². The summed E-state index contributed by atoms with van der Waals surface area (Å²) in [5.74, 6) is 0. The number of hydrogen-bond acceptors (Lipinski definition) is 2. The third-order valence-electron chi connectivity index (χ3n) is 2.75. The fourth-order valence-corrected chi connectivity index (χ4v) is 2.12. The molecule has 0 saturated carbocycles. The van der Waals surface area contributed by atoms with Crippen molar-refractivity contribution in [3.63, 3.8) is 0 Å². The van der Waals surface area contributed by atoms with Gasteiger partial charge in [0.25, 0.3) is 0 Å². The van der Waals surface area contributed by atoms with Gasteiger partial charge in [-0.2, -0.15) is 10.2 Å². The minimum Gasteiger partial charge on any atom is -0.221 e. The van der Waals surface area contributed by atoms with Crippen molar-refractivity contribution in [3.8, 4) is 0 Å². The third-order valence-corrected chi connectivity index (χ3v) is 7.66. The van der Waals surface area contributed by atoms with Gasteiger partial charge in [-0.25, -0.2) is 4.46 Å². The summed E-state index contributed by atoms with van der Waals surface area (Å²) in [5, 5.41) is 8.74. The minimum atomic E-state index is -1.53. The molecule has 1 aromatic rings. The van der Waals surface area contributed by atoms with Crippen molar-refractivity contribution in [2.75, 3.05) is 0 Å². The third kappa shape index (κ3) is 1.43. The van der Waals surface area contributed by atoms with E-state index >= 15 is 0 Å². The molecule has 4 heteroatoms. The van der Waals surface area contributed by atoms with Crippen LogP contribution < -0.4 is 0 Å². The fraction of sp³-hybridized carbons (Fsp3) is 0.750. The van der Waals surface area contributed by atoms with Crippen molar-refractivity contribution in [1.82, 2.24) is 14.7 Å². The van der Waals surface area contributed by atoms with Gasteiger partial charge in [-0.1, -0.05) is 20.8 Å². The highest BCUT2D eigenvalue weighted by atomic mass is 28.3. The molecule has 0 aliphatic rings. The van der Waals surface area contributed by atoms with Crippen LogP contribution in [0.3, 0.4) is 0 Å². The molecule has 0 unspecified atom stereocenters. The Bertz CT molecular complexity index is 246. The number of rotatable bonds is 1. The Morgan fingerprint density at radius 3 is 1.83 bits per heavy atom. The zero-order valence-electron chi connectivity index (χ0n) is 8.50. The Morgan fingerprint density at radius 2 is 1.50 bits per heavy atom. The lowest BCUT2D eigenvalue weighted by Crippen LogP contribution is -2.46. The normalized spacial score (nSPS) is 13.4. The zero-order valence-corrected chi connectivity index (χ0v) is 9.50. The molecule has 68 valence electrons. The predicted molar refractivity (Wildman–Crippen MR) is 52.6 cm³/mol. The van der Waals surface area contributed by atoms with Gasteiger partial charge in [0.05, 0.1) is 12.4 Å². The lowest BCUT2D eigenvalue weighted by Gasteiger charge is -2.34. The molecular weight excluding hydrogens is 166 g/mol. The second kappa shape index (κ2) is 2.69. The first kappa shape index (κ1) is 9.44. The molecule has 0 aromatic carbocycles. The molecule has 0 spiro atoms. The summed E-state index contributed by atoms with van der Waals surface area (Å²) in [5.41, 5.74) is 0. The molecule has 0 amide bonds. The van der Waals surface area contributed by atoms with E-state index in [0.717, 1.165) is 0 Å². The van der Waals surface area contributed by atoms with Gasteiger partial charge >= 0.3 is 0 Å². The van der Waals surface area contributed by atoms with Crippen LogP contribution in [0.15, 0.2) is 12.4 Å². The Hall–Kier alpha value is -0.643. The Balaban J connectivity index is 3.02. The van der Waals surface area contributed by atoms with Crippen LogP contribution in [0.25, 0.3) is 0 Å². The molecule has 1 rings (SSSR count). The summed E-state index contributed by atoms with van der Waals surface area (Å²) in [7, 11) is -1.53. The molecule has 12 heavy (non-hydrogen) atoms. The van der Waals surface area contributed by atoms with Crippen LogP contribution in [0.5, 0.6) is 0 Å². The van der Waals surface area contributed by atoms with Crippen molar-refractivity contribution in [1.29, 1.82) is 0 Å². The molecule has 0 bridgehead atoms. The van der Waals surface area contributed by atoms with Crippen LogP contribution >= 0.6 is 0 Å². The first-order valence-electron chi connectivity index (χ1n) is 4.22. The Morgan fingerprint density at radius 1 is 1.08 bits per heavy atom. The van der Waals surface area contributed by atoms with Crippen molar-refractivity contribution in [2.24, 2.45) is 0 Å². The van der Waals surface area contributed by atoms with Gasteiger partial charge in [-0.3, -0.25) is 0 Å². The van der Waals surface area contributed by atoms with Gasteiger partial charge in [-0.15, -0.1) is 0 Å². The summed E-state index contributed by atoms with van der Waals surface area (Å²) < 4.78 is 1.91. The van der Waals surface area contributed by atoms with E-state index in [2.05, 4.69) is 44.1 Å². The highest BCUT2D eigenvalue weighted by molar-refractivity contribution is 6.78. The highest BCUT2D eigenvalue weighted by Crippen LogP contribution is 2.35. The Labute approximate surface area is 74.9 Å². The van der Waals surface area contributed by atoms with E-state index in [9.17, 15) is 0 Å². The lowest BCUT2D eigenvalue weighted by molar-refractivity contribution is 0.653. The number of aromatic nitrogens is 3. The first-order chi connectivity index (χ1) is 5.36. The average molecular weight is 183 g/mol. The average Bonchev–Trinajstić information content (AvgIpc) is 2.34. The van der Waals surface area contributed by atoms with Crippen LogP contribution in [0.1, 0.15) is 20.8 Å². The van der Waals surface area contributed by atoms with Gasteiger partial charge in [0, 0.05) is 0 Å². The van der Waals surface area contributed by atoms with E-state index in [1.807, 2.05) is 4.46 Å². The first-order valence-corrected chi connectivity index (χ1v) is 7.17. The molecule has 0 radical (unpaired) electrons. The van der Waals surface area contributed by atoms with Crippen molar-refractivity contribution < 1.29 is 0 Å². The topological polar surface area (TPSA) is 30.7 Å². The van der Waals surface area contributed by atoms with Crippen molar-refractivity contribution in [3.05, 3.63) is 12.4 Å². The number of hydrogen-bond donors (Lipinski definition) is 0. The summed E-state index contributed by atoms with van der Waals surface area (Å²) in [6.07, 6.45) is 3.50. The summed E-state index contributed by atoms with van der Waals surface area (Å²) in [6, 6.07) is 0. The maximum atomic E-state index is 4.22. The van der Waals surface area contributed by atoms with Crippen LogP contribution in [-0.2, 0) is 0 Å². The molecule has 0 aliphatic heterocycles. The fourth-order valence-electron chi connectivity index (χ4n) is 0.804. The molecule has 0 aliphatic carbocycles. The highest BCUT2D eigenvalue weighted by Gasteiger charge is 2.39. The molecule has 1 aromatic heterocycles. The number of nitrogens with zero attached hydrogens (tertiary/aromatic N) is 3. The summed E-state index contributed by atoms with van der Waals surface area (Å²) in [6.45, 7) is 11.3. The van der Waals surface area contributed by atoms with E-state index in [1.54, 1.807) is 12.4 Å². The predicted octanol–water partition coefficient (Wildman–Crippen LogP) is 2.13. The van der Waals surface area contributed by atoms with Crippen LogP contribution in [0, 0.1) is 0 Å². The van der Waals surface area contributed by atoms with Gasteiger partial charge in [-0.05, 0) is 18.1 Å². The minimum absolute atomic E-state index is 0.298. The summed E-state index contributed by atoms with van der Waals surface area (Å²) in [4.78, 5) is 0. The van der Waals surface area contributed by atoms with Crippen molar-refractivity contribution >= 4 is 8.24 Å². The van der Waals surface area contributed by atoms with Crippen LogP contribution in [-0.4, -0.2) is 22.9 Å². The van der Waals surface area contributed by atoms with E-state index in [1.165, 1.54) is 0 Å². The van der Waals surface area contributed by atoms with E-state index in [-0.39, 0.29) is 0 Å². The quantitative estimate of drug-likeness (QED) is 0.624. The van der Waals surface area contributed by atoms with Gasteiger partial charge < -0.3 is 0 Å². The molecule has 0 fully saturated rings. The van der Waals surface area contributed by atoms with E-state index in [0.29, 0.717) is 5.04 Å². The van der Waals surface area contributed by atoms with Gasteiger partial charge in [0.1, 0.15) is 0 Å². The second-order valence-corrected chi connectivity index (χ2v) is 9.65. The summed E-state index contributed by atoms with van der Waals surface area (Å²) >= 11 is 0. The molecule has 0 N–H and O–H groups in total. The molecule has 0 saturated heterocycles. The van der Waals surface area contributed by atoms with Crippen molar-refractivity contribution in [2.45, 2.75) is 38.9 Å². The Kier molecular flexibility index (Phi) is 2.12. The van der Waals surface area contributed by atoms with E-state index < -0.39 is 8.24 Å². The maximum Gasteiger partial charge on any atom is 0.210 e. The van der Waals surface area contributed by atoms with Crippen LogP contribution in [0.2, 0.25) is 18.1 Å². The van der Waals surface area contributed by atoms with Crippen LogP contribution in [0.4, 0.5) is 0 Å². The largest absolute Gasteiger partial charge is 0.221 e. The SMILES string of the molecule is CC(C)(C)[Si](C)(C)n1nccn1. The second-order valence-electron chi connectivity index (χ2n) is 4.63. The smallest absolute Gasteiger partial charge is 0.210 e. The zero-order chi connectivity index (χ0) is 9.41. The molecule has 3 nitrogen and oxygen atoms in total. The maximum absolute atomic E-state index is 4.22. The molecular formula is C8H17N3Si. The van der Waals surface area contributed by atoms with E-state index in [4.69, 9.17) is 0 Å². The molecule has 1 heterocycles.